The maximum Gasteiger partial charge on any atom is 0.343 e. The van der Waals surface area contributed by atoms with Crippen molar-refractivity contribution in [2.24, 2.45) is 0 Å². The minimum absolute atomic E-state index is 0.0956. The van der Waals surface area contributed by atoms with Crippen molar-refractivity contribution in [3.8, 4) is 22.6 Å². The van der Waals surface area contributed by atoms with Crippen LogP contribution >= 0.6 is 0 Å². The fraction of sp³-hybridized carbons (Fsp3) is 0.107. The number of carbonyl (C=O) groups is 3. The third-order valence-corrected chi connectivity index (χ3v) is 4.75. The van der Waals surface area contributed by atoms with Crippen LogP contribution in [0.1, 0.15) is 22.8 Å². The van der Waals surface area contributed by atoms with Gasteiger partial charge in [0.2, 0.25) is 6.79 Å². The topological polar surface area (TPSA) is 88.1 Å². The molecule has 3 rings (SSSR count). The molecule has 178 valence electrons. The van der Waals surface area contributed by atoms with Gasteiger partial charge in [0.15, 0.2) is 0 Å². The van der Waals surface area contributed by atoms with Crippen molar-refractivity contribution in [3.05, 3.63) is 109 Å². The first kappa shape index (κ1) is 25.0. The summed E-state index contributed by atoms with van der Waals surface area (Å²) in [5, 5.41) is 0. The zero-order valence-corrected chi connectivity index (χ0v) is 19.2. The van der Waals surface area contributed by atoms with Crippen molar-refractivity contribution in [1.82, 2.24) is 0 Å². The van der Waals surface area contributed by atoms with Gasteiger partial charge in [-0.05, 0) is 60.0 Å². The minimum atomic E-state index is -0.555. The molecule has 7 nitrogen and oxygen atoms in total. The van der Waals surface area contributed by atoms with Crippen LogP contribution in [0.15, 0.2) is 97.6 Å². The molecule has 0 aliphatic heterocycles. The first-order valence-corrected chi connectivity index (χ1v) is 10.6. The van der Waals surface area contributed by atoms with Crippen molar-refractivity contribution < 1.29 is 33.3 Å². The van der Waals surface area contributed by atoms with Crippen molar-refractivity contribution >= 4 is 17.9 Å². The molecule has 0 saturated heterocycles. The average molecular weight is 472 g/mol. The molecule has 0 bridgehead atoms. The number of esters is 3. The van der Waals surface area contributed by atoms with Crippen LogP contribution < -0.4 is 9.47 Å². The zero-order valence-electron chi connectivity index (χ0n) is 19.2. The molecule has 3 aromatic rings. The smallest absolute Gasteiger partial charge is 0.343 e. The van der Waals surface area contributed by atoms with Gasteiger partial charge in [0, 0.05) is 11.6 Å². The van der Waals surface area contributed by atoms with Gasteiger partial charge in [0.05, 0.1) is 5.56 Å². The molecule has 0 amide bonds. The monoisotopic (exact) mass is 472 g/mol. The highest BCUT2D eigenvalue weighted by molar-refractivity contribution is 5.91. The van der Waals surface area contributed by atoms with Gasteiger partial charge in [0.25, 0.3) is 0 Å². The third-order valence-electron chi connectivity index (χ3n) is 4.75. The van der Waals surface area contributed by atoms with Gasteiger partial charge in [-0.3, -0.25) is 0 Å². The van der Waals surface area contributed by atoms with Crippen LogP contribution in [0.25, 0.3) is 11.1 Å². The highest BCUT2D eigenvalue weighted by Crippen LogP contribution is 2.25. The Balaban J connectivity index is 1.53. The lowest BCUT2D eigenvalue weighted by Gasteiger charge is -2.09. The maximum atomic E-state index is 12.5. The average Bonchev–Trinajstić information content (AvgIpc) is 2.88. The molecule has 0 aliphatic carbocycles. The molecule has 7 heteroatoms. The Morgan fingerprint density at radius 2 is 1.37 bits per heavy atom. The Bertz CT molecular complexity index is 1210. The number of ether oxygens (including phenoxy) is 4. The van der Waals surface area contributed by atoms with E-state index < -0.39 is 17.9 Å². The Kier molecular flexibility index (Phi) is 8.56. The fourth-order valence-electron chi connectivity index (χ4n) is 2.85. The molecule has 0 saturated carbocycles. The molecule has 0 spiro atoms. The zero-order chi connectivity index (χ0) is 25.2. The van der Waals surface area contributed by atoms with E-state index in [0.717, 1.165) is 22.8 Å². The van der Waals surface area contributed by atoms with Gasteiger partial charge in [-0.2, -0.15) is 0 Å². The molecular weight excluding hydrogens is 448 g/mol. The third kappa shape index (κ3) is 7.43. The second kappa shape index (κ2) is 12.0. The summed E-state index contributed by atoms with van der Waals surface area (Å²) in [6.07, 6.45) is 1.07. The Labute approximate surface area is 203 Å². The molecule has 0 aromatic heterocycles. The van der Waals surface area contributed by atoms with Gasteiger partial charge in [-0.1, -0.05) is 49.6 Å². The minimum Gasteiger partial charge on any atom is -0.457 e. The Hall–Kier alpha value is -4.65. The van der Waals surface area contributed by atoms with Crippen LogP contribution in [0.5, 0.6) is 11.5 Å². The number of carbonyl (C=O) groups excluding carboxylic acids is 3. The van der Waals surface area contributed by atoms with Gasteiger partial charge >= 0.3 is 17.9 Å². The van der Waals surface area contributed by atoms with E-state index in [1.165, 1.54) is 0 Å². The fourth-order valence-corrected chi connectivity index (χ4v) is 2.85. The molecule has 0 N–H and O–H groups in total. The molecule has 35 heavy (non-hydrogen) atoms. The van der Waals surface area contributed by atoms with Gasteiger partial charge < -0.3 is 18.9 Å². The molecule has 0 atom stereocenters. The molecule has 0 aliphatic rings. The summed E-state index contributed by atoms with van der Waals surface area (Å²) in [6.45, 7) is 8.32. The number of benzene rings is 3. The lowest BCUT2D eigenvalue weighted by atomic mass is 10.1. The van der Waals surface area contributed by atoms with Crippen molar-refractivity contribution in [1.29, 1.82) is 0 Å². The summed E-state index contributed by atoms with van der Waals surface area (Å²) < 4.78 is 20.7. The molecular formula is C28H24O7. The van der Waals surface area contributed by atoms with E-state index in [9.17, 15) is 14.4 Å². The van der Waals surface area contributed by atoms with E-state index in [0.29, 0.717) is 22.6 Å². The standard InChI is InChI=1S/C28H24O7/c1-4-26(29)34-18-33-24-13-9-21(10-14-24)22-11-15-25(16-12-22)35-28(31)23-7-5-20(6-8-23)17-32-27(30)19(2)3/h4-16H,1-2,17-18H2,3H3. The van der Waals surface area contributed by atoms with E-state index in [-0.39, 0.29) is 13.4 Å². The van der Waals surface area contributed by atoms with Gasteiger partial charge in [-0.15, -0.1) is 0 Å². The normalized spacial score (nSPS) is 10.1. The van der Waals surface area contributed by atoms with E-state index in [1.54, 1.807) is 55.5 Å². The first-order chi connectivity index (χ1) is 16.9. The van der Waals surface area contributed by atoms with Crippen LogP contribution in [0.2, 0.25) is 0 Å². The van der Waals surface area contributed by atoms with Crippen molar-refractivity contribution in [2.75, 3.05) is 6.79 Å². The lowest BCUT2D eigenvalue weighted by molar-refractivity contribution is -0.144. The SMILES string of the molecule is C=CC(=O)OCOc1ccc(-c2ccc(OC(=O)c3ccc(COC(=O)C(=C)C)cc3)cc2)cc1. The Morgan fingerprint density at radius 3 is 1.91 bits per heavy atom. The predicted molar refractivity (Wildman–Crippen MR) is 130 cm³/mol. The van der Waals surface area contributed by atoms with Crippen LogP contribution in [0, 0.1) is 0 Å². The first-order valence-electron chi connectivity index (χ1n) is 10.6. The molecule has 0 unspecified atom stereocenters. The predicted octanol–water partition coefficient (Wildman–Crippen LogP) is 5.26. The van der Waals surface area contributed by atoms with Crippen molar-refractivity contribution in [2.45, 2.75) is 13.5 Å². The molecule has 0 heterocycles. The quantitative estimate of drug-likeness (QED) is 0.172. The van der Waals surface area contributed by atoms with Crippen LogP contribution in [-0.2, 0) is 25.7 Å². The van der Waals surface area contributed by atoms with Crippen LogP contribution in [-0.4, -0.2) is 24.7 Å². The Morgan fingerprint density at radius 1 is 0.800 bits per heavy atom. The van der Waals surface area contributed by atoms with Crippen LogP contribution in [0.4, 0.5) is 0 Å². The summed E-state index contributed by atoms with van der Waals surface area (Å²) in [6, 6.07) is 20.9. The molecule has 0 radical (unpaired) electrons. The van der Waals surface area contributed by atoms with Crippen LogP contribution in [0.3, 0.4) is 0 Å². The van der Waals surface area contributed by atoms with E-state index in [4.69, 9.17) is 18.9 Å². The number of hydrogen-bond acceptors (Lipinski definition) is 7. The summed E-state index contributed by atoms with van der Waals surface area (Å²) in [5.74, 6) is -0.561. The second-order valence-corrected chi connectivity index (χ2v) is 7.42. The summed E-state index contributed by atoms with van der Waals surface area (Å²) in [7, 11) is 0. The van der Waals surface area contributed by atoms with E-state index >= 15 is 0 Å². The van der Waals surface area contributed by atoms with Gasteiger partial charge in [-0.25, -0.2) is 14.4 Å². The largest absolute Gasteiger partial charge is 0.457 e. The summed E-state index contributed by atoms with van der Waals surface area (Å²) in [5.41, 5.74) is 3.29. The molecule has 0 fully saturated rings. The highest BCUT2D eigenvalue weighted by Gasteiger charge is 2.10. The van der Waals surface area contributed by atoms with Crippen molar-refractivity contribution in [3.63, 3.8) is 0 Å². The summed E-state index contributed by atoms with van der Waals surface area (Å²) in [4.78, 5) is 34.9. The number of hydrogen-bond donors (Lipinski definition) is 0. The molecule has 3 aromatic carbocycles. The number of rotatable bonds is 10. The highest BCUT2D eigenvalue weighted by atomic mass is 16.7. The maximum absolute atomic E-state index is 12.5. The van der Waals surface area contributed by atoms with E-state index in [1.807, 2.05) is 24.3 Å². The second-order valence-electron chi connectivity index (χ2n) is 7.42. The van der Waals surface area contributed by atoms with E-state index in [2.05, 4.69) is 13.2 Å². The lowest BCUT2D eigenvalue weighted by Crippen LogP contribution is -2.09. The summed E-state index contributed by atoms with van der Waals surface area (Å²) >= 11 is 0. The van der Waals surface area contributed by atoms with Gasteiger partial charge in [0.1, 0.15) is 18.1 Å².